The molecule has 1 aliphatic rings. The van der Waals surface area contributed by atoms with Crippen molar-refractivity contribution in [1.29, 1.82) is 0 Å². The second-order valence-corrected chi connectivity index (χ2v) is 5.47. The van der Waals surface area contributed by atoms with Gasteiger partial charge in [-0.05, 0) is 26.3 Å². The molecular formula is C15H19FO4. The summed E-state index contributed by atoms with van der Waals surface area (Å²) in [5.74, 6) is -0.591. The molecule has 1 aromatic rings. The maximum Gasteiger partial charge on any atom is 0.343 e. The monoisotopic (exact) mass is 282 g/mol. The quantitative estimate of drug-likeness (QED) is 0.861. The molecule has 1 heterocycles. The first-order chi connectivity index (χ1) is 9.35. The zero-order valence-corrected chi connectivity index (χ0v) is 11.9. The number of fused-ring (bicyclic) bond motifs is 1. The number of aliphatic hydroxyl groups is 1. The second-order valence-electron chi connectivity index (χ2n) is 5.47. The SMILES string of the molecule is CCOC(=O)C(F)C(O)c1cccc2c1OC(C)(C)C2. The number of hydrogen-bond acceptors (Lipinski definition) is 4. The standard InChI is InChI=1S/C15H19FO4/c1-4-19-14(18)11(16)12(17)10-7-5-6-9-8-15(2,3)20-13(9)10/h5-7,11-12,17H,4,8H2,1-3H3. The second kappa shape index (κ2) is 5.40. The Labute approximate surface area is 117 Å². The Morgan fingerprint density at radius 2 is 2.25 bits per heavy atom. The molecule has 1 aliphatic heterocycles. The number of para-hydroxylation sites is 1. The average molecular weight is 282 g/mol. The molecule has 1 N–H and O–H groups in total. The Kier molecular flexibility index (Phi) is 3.99. The Morgan fingerprint density at radius 3 is 2.90 bits per heavy atom. The molecule has 0 aromatic heterocycles. The molecule has 0 amide bonds. The van der Waals surface area contributed by atoms with Gasteiger partial charge in [0.1, 0.15) is 17.5 Å². The van der Waals surface area contributed by atoms with E-state index in [1.54, 1.807) is 19.1 Å². The summed E-state index contributed by atoms with van der Waals surface area (Å²) < 4.78 is 24.3. The molecule has 5 heteroatoms. The van der Waals surface area contributed by atoms with Gasteiger partial charge in [0.05, 0.1) is 6.61 Å². The number of alkyl halides is 1. The fourth-order valence-corrected chi connectivity index (χ4v) is 2.38. The first kappa shape index (κ1) is 14.8. The highest BCUT2D eigenvalue weighted by Crippen LogP contribution is 2.41. The first-order valence-corrected chi connectivity index (χ1v) is 6.65. The Hall–Kier alpha value is -1.62. The van der Waals surface area contributed by atoms with Gasteiger partial charge in [0.2, 0.25) is 6.17 Å². The zero-order chi connectivity index (χ0) is 14.9. The Morgan fingerprint density at radius 1 is 1.55 bits per heavy atom. The van der Waals surface area contributed by atoms with E-state index < -0.39 is 23.8 Å². The van der Waals surface area contributed by atoms with E-state index in [4.69, 9.17) is 4.74 Å². The fraction of sp³-hybridized carbons (Fsp3) is 0.533. The number of benzene rings is 1. The number of ether oxygens (including phenoxy) is 2. The number of esters is 1. The largest absolute Gasteiger partial charge is 0.487 e. The number of carbonyl (C=O) groups is 1. The van der Waals surface area contributed by atoms with E-state index in [0.29, 0.717) is 12.2 Å². The van der Waals surface area contributed by atoms with Crippen LogP contribution >= 0.6 is 0 Å². The highest BCUT2D eigenvalue weighted by molar-refractivity contribution is 5.75. The summed E-state index contributed by atoms with van der Waals surface area (Å²) in [7, 11) is 0. The number of carbonyl (C=O) groups excluding carboxylic acids is 1. The van der Waals surface area contributed by atoms with Crippen molar-refractivity contribution in [3.05, 3.63) is 29.3 Å². The van der Waals surface area contributed by atoms with Crippen molar-refractivity contribution in [2.24, 2.45) is 0 Å². The summed E-state index contributed by atoms with van der Waals surface area (Å²) in [6, 6.07) is 5.16. The molecule has 0 saturated carbocycles. The van der Waals surface area contributed by atoms with Crippen molar-refractivity contribution in [3.8, 4) is 5.75 Å². The van der Waals surface area contributed by atoms with Crippen LogP contribution in [-0.2, 0) is 16.0 Å². The van der Waals surface area contributed by atoms with Crippen molar-refractivity contribution in [1.82, 2.24) is 0 Å². The van der Waals surface area contributed by atoms with Crippen molar-refractivity contribution in [3.63, 3.8) is 0 Å². The van der Waals surface area contributed by atoms with Crippen LogP contribution < -0.4 is 4.74 Å². The number of rotatable bonds is 4. The van der Waals surface area contributed by atoms with E-state index in [9.17, 15) is 14.3 Å². The Balaban J connectivity index is 2.27. The van der Waals surface area contributed by atoms with Crippen LogP contribution in [0.3, 0.4) is 0 Å². The molecule has 2 unspecified atom stereocenters. The van der Waals surface area contributed by atoms with Crippen molar-refractivity contribution >= 4 is 5.97 Å². The van der Waals surface area contributed by atoms with Crippen LogP contribution in [-0.4, -0.2) is 29.5 Å². The van der Waals surface area contributed by atoms with E-state index in [2.05, 4.69) is 4.74 Å². The van der Waals surface area contributed by atoms with Crippen LogP contribution in [0.4, 0.5) is 4.39 Å². The lowest BCUT2D eigenvalue weighted by Crippen LogP contribution is -2.27. The number of hydrogen-bond donors (Lipinski definition) is 1. The maximum atomic E-state index is 13.9. The molecule has 0 radical (unpaired) electrons. The van der Waals surface area contributed by atoms with Crippen molar-refractivity contribution < 1.29 is 23.8 Å². The van der Waals surface area contributed by atoms with E-state index >= 15 is 0 Å². The van der Waals surface area contributed by atoms with Crippen LogP contribution in [0.5, 0.6) is 5.75 Å². The summed E-state index contributed by atoms with van der Waals surface area (Å²) in [6.07, 6.45) is -3.02. The number of aliphatic hydroxyl groups excluding tert-OH is 1. The molecule has 4 nitrogen and oxygen atoms in total. The van der Waals surface area contributed by atoms with Gasteiger partial charge in [0.25, 0.3) is 0 Å². The predicted octanol–water partition coefficient (Wildman–Crippen LogP) is 2.33. The van der Waals surface area contributed by atoms with E-state index in [1.807, 2.05) is 19.9 Å². The van der Waals surface area contributed by atoms with Gasteiger partial charge < -0.3 is 14.6 Å². The van der Waals surface area contributed by atoms with Gasteiger partial charge in [-0.25, -0.2) is 9.18 Å². The molecule has 0 spiro atoms. The van der Waals surface area contributed by atoms with Gasteiger partial charge in [-0.1, -0.05) is 18.2 Å². The van der Waals surface area contributed by atoms with Crippen LogP contribution in [0, 0.1) is 0 Å². The zero-order valence-electron chi connectivity index (χ0n) is 11.9. The maximum absolute atomic E-state index is 13.9. The summed E-state index contributed by atoms with van der Waals surface area (Å²) in [5, 5.41) is 10.1. The summed E-state index contributed by atoms with van der Waals surface area (Å²) in [5.41, 5.74) is 0.796. The third kappa shape index (κ3) is 2.77. The molecule has 1 aromatic carbocycles. The van der Waals surface area contributed by atoms with Gasteiger partial charge in [-0.2, -0.15) is 0 Å². The highest BCUT2D eigenvalue weighted by Gasteiger charge is 2.37. The average Bonchev–Trinajstić information content (AvgIpc) is 2.70. The van der Waals surface area contributed by atoms with Gasteiger partial charge in [0, 0.05) is 12.0 Å². The fourth-order valence-electron chi connectivity index (χ4n) is 2.38. The molecule has 0 aliphatic carbocycles. The molecule has 20 heavy (non-hydrogen) atoms. The molecule has 0 bridgehead atoms. The summed E-state index contributed by atoms with van der Waals surface area (Å²) in [4.78, 5) is 11.4. The molecule has 2 atom stereocenters. The van der Waals surface area contributed by atoms with Crippen molar-refractivity contribution in [2.45, 2.75) is 45.1 Å². The summed E-state index contributed by atoms with van der Waals surface area (Å²) >= 11 is 0. The molecule has 0 fully saturated rings. The highest BCUT2D eigenvalue weighted by atomic mass is 19.1. The third-order valence-electron chi connectivity index (χ3n) is 3.23. The minimum Gasteiger partial charge on any atom is -0.487 e. The Bertz CT molecular complexity index is 513. The van der Waals surface area contributed by atoms with Crippen LogP contribution in [0.15, 0.2) is 18.2 Å². The third-order valence-corrected chi connectivity index (χ3v) is 3.23. The van der Waals surface area contributed by atoms with E-state index in [0.717, 1.165) is 5.56 Å². The lowest BCUT2D eigenvalue weighted by atomic mass is 9.98. The predicted molar refractivity (Wildman–Crippen MR) is 71.3 cm³/mol. The molecule has 0 saturated heterocycles. The molecule has 2 rings (SSSR count). The van der Waals surface area contributed by atoms with Gasteiger partial charge >= 0.3 is 5.97 Å². The molecular weight excluding hydrogens is 263 g/mol. The smallest absolute Gasteiger partial charge is 0.343 e. The lowest BCUT2D eigenvalue weighted by molar-refractivity contribution is -0.153. The first-order valence-electron chi connectivity index (χ1n) is 6.65. The van der Waals surface area contributed by atoms with Gasteiger partial charge in [0.15, 0.2) is 0 Å². The van der Waals surface area contributed by atoms with Crippen LogP contribution in [0.2, 0.25) is 0 Å². The topological polar surface area (TPSA) is 55.8 Å². The lowest BCUT2D eigenvalue weighted by Gasteiger charge is -2.20. The van der Waals surface area contributed by atoms with Crippen LogP contribution in [0.1, 0.15) is 38.0 Å². The van der Waals surface area contributed by atoms with E-state index in [1.165, 1.54) is 0 Å². The summed E-state index contributed by atoms with van der Waals surface area (Å²) in [6.45, 7) is 5.49. The normalized spacial score (nSPS) is 18.9. The minimum absolute atomic E-state index is 0.0718. The number of halogens is 1. The van der Waals surface area contributed by atoms with Gasteiger partial charge in [-0.15, -0.1) is 0 Å². The minimum atomic E-state index is -2.12. The van der Waals surface area contributed by atoms with Crippen LogP contribution in [0.25, 0.3) is 0 Å². The van der Waals surface area contributed by atoms with Gasteiger partial charge in [-0.3, -0.25) is 0 Å². The molecule has 110 valence electrons. The van der Waals surface area contributed by atoms with Crippen molar-refractivity contribution in [2.75, 3.05) is 6.61 Å². The van der Waals surface area contributed by atoms with E-state index in [-0.39, 0.29) is 12.2 Å².